The zero-order chi connectivity index (χ0) is 15.5. The second-order valence-corrected chi connectivity index (χ2v) is 5.34. The van der Waals surface area contributed by atoms with Crippen LogP contribution in [0.15, 0.2) is 54.7 Å². The highest BCUT2D eigenvalue weighted by molar-refractivity contribution is 6.25. The Balaban J connectivity index is 1.93. The van der Waals surface area contributed by atoms with Crippen LogP contribution in [0, 0.1) is 0 Å². The number of pyridine rings is 1. The van der Waals surface area contributed by atoms with Crippen LogP contribution in [0.1, 0.15) is 36.1 Å². The van der Waals surface area contributed by atoms with Crippen molar-refractivity contribution in [2.45, 2.75) is 25.9 Å². The number of benzene rings is 1. The molecule has 1 aromatic heterocycles. The number of carbonyl (C=O) groups excluding carboxylic acids is 1. The molecule has 1 aromatic carbocycles. The lowest BCUT2D eigenvalue weighted by Gasteiger charge is -2.09. The van der Waals surface area contributed by atoms with Crippen LogP contribution in [0.2, 0.25) is 0 Å². The number of carbonyl (C=O) groups is 1. The molecule has 0 amide bonds. The summed E-state index contributed by atoms with van der Waals surface area (Å²) in [6.45, 7) is 2.13. The van der Waals surface area contributed by atoms with Crippen LogP contribution in [0.4, 0.5) is 0 Å². The van der Waals surface area contributed by atoms with Crippen molar-refractivity contribution in [3.05, 3.63) is 71.4 Å². The van der Waals surface area contributed by atoms with E-state index in [4.69, 9.17) is 10.5 Å². The largest absolute Gasteiger partial charge is 0.462 e. The zero-order valence-electron chi connectivity index (χ0n) is 12.5. The second kappa shape index (κ2) is 6.02. The van der Waals surface area contributed by atoms with Gasteiger partial charge in [0, 0.05) is 18.0 Å². The van der Waals surface area contributed by atoms with E-state index in [0.717, 1.165) is 24.0 Å². The Labute approximate surface area is 129 Å². The molecule has 4 nitrogen and oxygen atoms in total. The topological polar surface area (TPSA) is 65.2 Å². The smallest absolute Gasteiger partial charge is 0.214 e. The molecule has 0 radical (unpaired) electrons. The SMILES string of the molecule is CCCc1cccc(C2=C(N)OC(c3cccnc3)C2=O)c1. The third-order valence-electron chi connectivity index (χ3n) is 3.72. The van der Waals surface area contributed by atoms with Gasteiger partial charge in [-0.1, -0.05) is 43.7 Å². The monoisotopic (exact) mass is 294 g/mol. The van der Waals surface area contributed by atoms with Crippen LogP contribution in [0.3, 0.4) is 0 Å². The summed E-state index contributed by atoms with van der Waals surface area (Å²) in [7, 11) is 0. The summed E-state index contributed by atoms with van der Waals surface area (Å²) in [4.78, 5) is 16.7. The van der Waals surface area contributed by atoms with E-state index in [2.05, 4.69) is 18.0 Å². The fourth-order valence-corrected chi connectivity index (χ4v) is 2.70. The number of hydrogen-bond acceptors (Lipinski definition) is 4. The third kappa shape index (κ3) is 2.60. The zero-order valence-corrected chi connectivity index (χ0v) is 12.5. The van der Waals surface area contributed by atoms with E-state index in [1.54, 1.807) is 18.5 Å². The molecule has 4 heteroatoms. The Kier molecular flexibility index (Phi) is 3.92. The number of rotatable bonds is 4. The van der Waals surface area contributed by atoms with Crippen molar-refractivity contribution in [1.29, 1.82) is 0 Å². The molecule has 1 unspecified atom stereocenters. The van der Waals surface area contributed by atoms with Crippen LogP contribution < -0.4 is 5.73 Å². The number of nitrogens with zero attached hydrogens (tertiary/aromatic N) is 1. The Bertz CT molecular complexity index is 723. The van der Waals surface area contributed by atoms with E-state index in [0.29, 0.717) is 5.57 Å². The van der Waals surface area contributed by atoms with Gasteiger partial charge in [-0.05, 0) is 23.6 Å². The van der Waals surface area contributed by atoms with E-state index >= 15 is 0 Å². The van der Waals surface area contributed by atoms with Crippen molar-refractivity contribution >= 4 is 11.4 Å². The summed E-state index contributed by atoms with van der Waals surface area (Å²) in [6, 6.07) is 11.5. The molecule has 1 aliphatic rings. The average Bonchev–Trinajstić information content (AvgIpc) is 2.84. The third-order valence-corrected chi connectivity index (χ3v) is 3.72. The van der Waals surface area contributed by atoms with Crippen molar-refractivity contribution in [1.82, 2.24) is 4.98 Å². The first-order chi connectivity index (χ1) is 10.7. The van der Waals surface area contributed by atoms with Gasteiger partial charge in [0.2, 0.25) is 5.78 Å². The first kappa shape index (κ1) is 14.3. The summed E-state index contributed by atoms with van der Waals surface area (Å²) in [6.07, 6.45) is 4.63. The summed E-state index contributed by atoms with van der Waals surface area (Å²) in [5.41, 5.74) is 9.16. The van der Waals surface area contributed by atoms with Crippen LogP contribution in [0.25, 0.3) is 5.57 Å². The Hall–Kier alpha value is -2.62. The highest BCUT2D eigenvalue weighted by Crippen LogP contribution is 2.36. The predicted molar refractivity (Wildman–Crippen MR) is 84.6 cm³/mol. The Morgan fingerprint density at radius 1 is 1.27 bits per heavy atom. The molecule has 3 rings (SSSR count). The van der Waals surface area contributed by atoms with E-state index in [1.165, 1.54) is 5.56 Å². The first-order valence-electron chi connectivity index (χ1n) is 7.40. The lowest BCUT2D eigenvalue weighted by Crippen LogP contribution is -2.09. The first-order valence-corrected chi connectivity index (χ1v) is 7.40. The highest BCUT2D eigenvalue weighted by atomic mass is 16.5. The quantitative estimate of drug-likeness (QED) is 0.941. The standard InChI is InChI=1S/C18H18N2O2/c1-2-5-12-6-3-7-13(10-12)15-16(21)17(22-18(15)19)14-8-4-9-20-11-14/h3-4,6-11,17H,2,5,19H2,1H3. The molecule has 1 aliphatic heterocycles. The number of hydrogen-bond donors (Lipinski definition) is 1. The maximum Gasteiger partial charge on any atom is 0.214 e. The number of nitrogens with two attached hydrogens (primary N) is 1. The molecular formula is C18H18N2O2. The summed E-state index contributed by atoms with van der Waals surface area (Å²) >= 11 is 0. The van der Waals surface area contributed by atoms with Gasteiger partial charge < -0.3 is 10.5 Å². The molecule has 22 heavy (non-hydrogen) atoms. The average molecular weight is 294 g/mol. The summed E-state index contributed by atoms with van der Waals surface area (Å²) < 4.78 is 5.59. The lowest BCUT2D eigenvalue weighted by atomic mass is 9.96. The van der Waals surface area contributed by atoms with Gasteiger partial charge >= 0.3 is 0 Å². The molecule has 2 aromatic rings. The summed E-state index contributed by atoms with van der Waals surface area (Å²) in [5.74, 6) is 0.0756. The van der Waals surface area contributed by atoms with Gasteiger partial charge in [0.15, 0.2) is 12.0 Å². The number of aromatic nitrogens is 1. The molecule has 2 heterocycles. The van der Waals surface area contributed by atoms with Crippen LogP contribution in [0.5, 0.6) is 0 Å². The lowest BCUT2D eigenvalue weighted by molar-refractivity contribution is -0.120. The van der Waals surface area contributed by atoms with E-state index in [1.807, 2.05) is 24.3 Å². The molecule has 0 saturated heterocycles. The van der Waals surface area contributed by atoms with Crippen LogP contribution >= 0.6 is 0 Å². The minimum atomic E-state index is -0.696. The predicted octanol–water partition coefficient (Wildman–Crippen LogP) is 3.00. The second-order valence-electron chi connectivity index (χ2n) is 5.34. The van der Waals surface area contributed by atoms with Crippen molar-refractivity contribution < 1.29 is 9.53 Å². The van der Waals surface area contributed by atoms with E-state index in [9.17, 15) is 4.79 Å². The summed E-state index contributed by atoms with van der Waals surface area (Å²) in [5, 5.41) is 0. The highest BCUT2D eigenvalue weighted by Gasteiger charge is 2.36. The maximum absolute atomic E-state index is 12.7. The van der Waals surface area contributed by atoms with Gasteiger partial charge in [-0.25, -0.2) is 0 Å². The van der Waals surface area contributed by atoms with E-state index < -0.39 is 6.10 Å². The number of ether oxygens (including phenoxy) is 1. The fraction of sp³-hybridized carbons (Fsp3) is 0.222. The molecule has 0 saturated carbocycles. The maximum atomic E-state index is 12.7. The molecule has 1 atom stereocenters. The van der Waals surface area contributed by atoms with Gasteiger partial charge in [-0.3, -0.25) is 9.78 Å². The van der Waals surface area contributed by atoms with Gasteiger partial charge in [0.25, 0.3) is 0 Å². The molecule has 2 N–H and O–H groups in total. The fourth-order valence-electron chi connectivity index (χ4n) is 2.70. The molecular weight excluding hydrogens is 276 g/mol. The molecule has 0 aliphatic carbocycles. The van der Waals surface area contributed by atoms with Gasteiger partial charge in [0.05, 0.1) is 5.57 Å². The Morgan fingerprint density at radius 3 is 2.86 bits per heavy atom. The van der Waals surface area contributed by atoms with Gasteiger partial charge in [-0.2, -0.15) is 0 Å². The normalized spacial score (nSPS) is 17.7. The number of aryl methyl sites for hydroxylation is 1. The molecule has 0 bridgehead atoms. The minimum absolute atomic E-state index is 0.112. The van der Waals surface area contributed by atoms with Crippen LogP contribution in [-0.2, 0) is 16.0 Å². The number of ketones is 1. The van der Waals surface area contributed by atoms with Crippen molar-refractivity contribution in [2.24, 2.45) is 5.73 Å². The van der Waals surface area contributed by atoms with Crippen molar-refractivity contribution in [3.63, 3.8) is 0 Å². The molecule has 0 fully saturated rings. The van der Waals surface area contributed by atoms with Crippen LogP contribution in [-0.4, -0.2) is 10.8 Å². The number of Topliss-reactive ketones (excluding diaryl/α,β-unsaturated/α-hetero) is 1. The Morgan fingerprint density at radius 2 is 2.14 bits per heavy atom. The molecule has 112 valence electrons. The molecule has 0 spiro atoms. The van der Waals surface area contributed by atoms with E-state index in [-0.39, 0.29) is 11.7 Å². The van der Waals surface area contributed by atoms with Crippen molar-refractivity contribution in [2.75, 3.05) is 0 Å². The minimum Gasteiger partial charge on any atom is -0.462 e. The van der Waals surface area contributed by atoms with Gasteiger partial charge in [0.1, 0.15) is 0 Å². The van der Waals surface area contributed by atoms with Crippen molar-refractivity contribution in [3.8, 4) is 0 Å². The van der Waals surface area contributed by atoms with Gasteiger partial charge in [-0.15, -0.1) is 0 Å².